The van der Waals surface area contributed by atoms with Gasteiger partial charge in [0.15, 0.2) is 0 Å². The fourth-order valence-corrected chi connectivity index (χ4v) is 1.08. The number of phenols is 2. The molecule has 0 fully saturated rings. The molecule has 2 rings (SSSR count). The van der Waals surface area contributed by atoms with Crippen molar-refractivity contribution in [2.75, 3.05) is 0 Å². The number of halogens is 4. The number of hydrogen-bond donors (Lipinski definition) is 2. The van der Waals surface area contributed by atoms with Crippen LogP contribution in [0.2, 0.25) is 0 Å². The van der Waals surface area contributed by atoms with E-state index in [0.29, 0.717) is 12.1 Å². The van der Waals surface area contributed by atoms with Crippen molar-refractivity contribution in [1.82, 2.24) is 0 Å². The predicted molar refractivity (Wildman–Crippen MR) is 56.0 cm³/mol. The van der Waals surface area contributed by atoms with Crippen LogP contribution in [0.4, 0.5) is 17.6 Å². The third-order valence-electron chi connectivity index (χ3n) is 1.69. The average Bonchev–Trinajstić information content (AvgIpc) is 2.12. The van der Waals surface area contributed by atoms with Crippen molar-refractivity contribution >= 4 is 0 Å². The maximum atomic E-state index is 12.0. The van der Waals surface area contributed by atoms with Gasteiger partial charge in [0.1, 0.15) is 34.8 Å². The number of hydrogen-bond acceptors (Lipinski definition) is 2. The molecule has 0 radical (unpaired) electrons. The summed E-state index contributed by atoms with van der Waals surface area (Å²) < 4.78 is 48.1. The van der Waals surface area contributed by atoms with Gasteiger partial charge in [-0.05, 0) is 0 Å². The van der Waals surface area contributed by atoms with E-state index in [0.717, 1.165) is 24.3 Å². The van der Waals surface area contributed by atoms with Crippen LogP contribution in [-0.4, -0.2) is 10.2 Å². The van der Waals surface area contributed by atoms with Crippen LogP contribution < -0.4 is 0 Å². The van der Waals surface area contributed by atoms with Gasteiger partial charge in [-0.25, -0.2) is 17.6 Å². The summed E-state index contributed by atoms with van der Waals surface area (Å²) in [6.45, 7) is 0. The zero-order valence-corrected chi connectivity index (χ0v) is 11.8. The van der Waals surface area contributed by atoms with E-state index in [2.05, 4.69) is 0 Å². The molecule has 2 nitrogen and oxygen atoms in total. The van der Waals surface area contributed by atoms with Gasteiger partial charge < -0.3 is 10.2 Å². The van der Waals surface area contributed by atoms with Crippen LogP contribution >= 0.6 is 0 Å². The average molecular weight is 351 g/mol. The maximum absolute atomic E-state index is 12.0. The molecule has 0 bridgehead atoms. The van der Waals surface area contributed by atoms with E-state index in [-0.39, 0.29) is 26.2 Å². The first-order valence-corrected chi connectivity index (χ1v) is 4.67. The normalized spacial score (nSPS) is 9.05. The minimum atomic E-state index is -0.771. The van der Waals surface area contributed by atoms with Gasteiger partial charge in [-0.2, -0.15) is 0 Å². The molecule has 0 atom stereocenters. The largest absolute Gasteiger partial charge is 0.508 e. The van der Waals surface area contributed by atoms with Crippen LogP contribution in [-0.2, 0) is 26.2 Å². The Balaban J connectivity index is 0.000000324. The Kier molecular flexibility index (Phi) is 7.38. The zero-order chi connectivity index (χ0) is 13.7. The maximum Gasteiger partial charge on any atom is 0.129 e. The van der Waals surface area contributed by atoms with Crippen LogP contribution in [0.25, 0.3) is 0 Å². The molecule has 0 aromatic heterocycles. The molecule has 0 heterocycles. The van der Waals surface area contributed by atoms with Crippen molar-refractivity contribution in [2.24, 2.45) is 0 Å². The van der Waals surface area contributed by atoms with Crippen LogP contribution in [0.3, 0.4) is 0 Å². The van der Waals surface area contributed by atoms with Crippen molar-refractivity contribution < 1.29 is 54.0 Å². The van der Waals surface area contributed by atoms with Crippen molar-refractivity contribution in [1.29, 1.82) is 0 Å². The first kappa shape index (κ1) is 17.6. The van der Waals surface area contributed by atoms with Gasteiger partial charge in [0.25, 0.3) is 0 Å². The molecule has 0 saturated carbocycles. The van der Waals surface area contributed by atoms with Gasteiger partial charge in [0.2, 0.25) is 0 Å². The molecule has 0 spiro atoms. The van der Waals surface area contributed by atoms with Crippen molar-refractivity contribution in [3.05, 3.63) is 59.7 Å². The monoisotopic (exact) mass is 350 g/mol. The van der Waals surface area contributed by atoms with E-state index in [1.807, 2.05) is 0 Å². The Bertz CT molecular complexity index is 399. The molecule has 7 heteroatoms. The molecular formula is C12H8F4O2Zr. The number of rotatable bonds is 0. The van der Waals surface area contributed by atoms with E-state index in [9.17, 15) is 17.6 Å². The molecule has 19 heavy (non-hydrogen) atoms. The Morgan fingerprint density at radius 2 is 0.737 bits per heavy atom. The standard InChI is InChI=1S/2C6H4F2O.Zr/c2*7-4-1-5(8)3-6(9)2-4;/h2*1-3,9H;. The molecule has 2 aromatic carbocycles. The summed E-state index contributed by atoms with van der Waals surface area (Å²) in [6.07, 6.45) is 0. The van der Waals surface area contributed by atoms with Crippen LogP contribution in [0, 0.1) is 23.3 Å². The Morgan fingerprint density at radius 3 is 0.895 bits per heavy atom. The smallest absolute Gasteiger partial charge is 0.129 e. The molecule has 2 N–H and O–H groups in total. The summed E-state index contributed by atoms with van der Waals surface area (Å²) in [6, 6.07) is 4.73. The summed E-state index contributed by atoms with van der Waals surface area (Å²) in [7, 11) is 0. The van der Waals surface area contributed by atoms with Gasteiger partial charge in [-0.15, -0.1) is 0 Å². The topological polar surface area (TPSA) is 40.5 Å². The minimum Gasteiger partial charge on any atom is -0.508 e. The van der Waals surface area contributed by atoms with E-state index in [4.69, 9.17) is 10.2 Å². The minimum absolute atomic E-state index is 0. The quantitative estimate of drug-likeness (QED) is 0.715. The molecule has 0 aliphatic heterocycles. The van der Waals surface area contributed by atoms with E-state index >= 15 is 0 Å². The molecule has 100 valence electrons. The Morgan fingerprint density at radius 1 is 0.526 bits per heavy atom. The van der Waals surface area contributed by atoms with Crippen molar-refractivity contribution in [3.8, 4) is 11.5 Å². The van der Waals surface area contributed by atoms with Gasteiger partial charge >= 0.3 is 0 Å². The van der Waals surface area contributed by atoms with Crippen molar-refractivity contribution in [3.63, 3.8) is 0 Å². The molecule has 0 unspecified atom stereocenters. The molecule has 0 aliphatic carbocycles. The molecule has 0 amide bonds. The van der Waals surface area contributed by atoms with Crippen LogP contribution in [0.5, 0.6) is 11.5 Å². The zero-order valence-electron chi connectivity index (χ0n) is 9.37. The molecule has 0 aliphatic rings. The van der Waals surface area contributed by atoms with Gasteiger partial charge in [-0.3, -0.25) is 0 Å². The van der Waals surface area contributed by atoms with Gasteiger partial charge in [0.05, 0.1) is 0 Å². The molecule has 2 aromatic rings. The summed E-state index contributed by atoms with van der Waals surface area (Å²) >= 11 is 0. The fourth-order valence-electron chi connectivity index (χ4n) is 1.08. The first-order chi connectivity index (χ1) is 8.36. The van der Waals surface area contributed by atoms with Crippen molar-refractivity contribution in [2.45, 2.75) is 0 Å². The first-order valence-electron chi connectivity index (χ1n) is 4.67. The third-order valence-corrected chi connectivity index (χ3v) is 1.69. The van der Waals surface area contributed by atoms with Crippen LogP contribution in [0.1, 0.15) is 0 Å². The second-order valence-electron chi connectivity index (χ2n) is 3.26. The number of benzene rings is 2. The van der Waals surface area contributed by atoms with Gasteiger partial charge in [-0.1, -0.05) is 0 Å². The summed E-state index contributed by atoms with van der Waals surface area (Å²) in [5.41, 5.74) is 0. The Hall–Kier alpha value is -1.36. The van der Waals surface area contributed by atoms with E-state index in [1.54, 1.807) is 0 Å². The molecule has 0 saturated heterocycles. The fraction of sp³-hybridized carbons (Fsp3) is 0. The second kappa shape index (κ2) is 7.94. The molecular weight excluding hydrogens is 343 g/mol. The van der Waals surface area contributed by atoms with E-state index < -0.39 is 34.8 Å². The summed E-state index contributed by atoms with van der Waals surface area (Å²) in [4.78, 5) is 0. The second-order valence-corrected chi connectivity index (χ2v) is 3.26. The summed E-state index contributed by atoms with van der Waals surface area (Å²) in [5, 5.41) is 17.0. The Labute approximate surface area is 125 Å². The van der Waals surface area contributed by atoms with Gasteiger partial charge in [0, 0.05) is 62.6 Å². The third kappa shape index (κ3) is 6.96. The number of phenolic OH excluding ortho intramolecular Hbond substituents is 2. The van der Waals surface area contributed by atoms with Crippen LogP contribution in [0.15, 0.2) is 36.4 Å². The summed E-state index contributed by atoms with van der Waals surface area (Å²) in [5.74, 6) is -3.87. The van der Waals surface area contributed by atoms with E-state index in [1.165, 1.54) is 0 Å². The predicted octanol–water partition coefficient (Wildman–Crippen LogP) is 3.34. The SMILES string of the molecule is Oc1cc(F)cc(F)c1.Oc1cc(F)cc(F)c1.[Zr]. The number of aromatic hydroxyl groups is 2.